The van der Waals surface area contributed by atoms with Gasteiger partial charge in [-0.1, -0.05) is 6.07 Å². The van der Waals surface area contributed by atoms with Crippen LogP contribution >= 0.6 is 15.9 Å². The number of amides is 1. The lowest BCUT2D eigenvalue weighted by molar-refractivity contribution is 0.131. The minimum absolute atomic E-state index is 0.106. The van der Waals surface area contributed by atoms with Crippen molar-refractivity contribution >= 4 is 38.6 Å². The minimum atomic E-state index is -0.890. The Morgan fingerprint density at radius 1 is 1.36 bits per heavy atom. The molecule has 0 aliphatic carbocycles. The molecule has 0 spiro atoms. The molecule has 1 aliphatic heterocycles. The number of nitrogens with one attached hydrogen (secondary N) is 1. The van der Waals surface area contributed by atoms with Crippen LogP contribution in [0.5, 0.6) is 0 Å². The SMILES string of the molecule is Cc1ccc2nn3c(C4CCN(C(=O)O)CC4)cc(=O)[nH]c3c2c1Br. The molecule has 7 nitrogen and oxygen atoms in total. The molecule has 1 saturated heterocycles. The number of aromatic nitrogens is 3. The summed E-state index contributed by atoms with van der Waals surface area (Å²) >= 11 is 3.60. The summed E-state index contributed by atoms with van der Waals surface area (Å²) in [4.78, 5) is 27.7. The summed E-state index contributed by atoms with van der Waals surface area (Å²) in [5.74, 6) is 0.106. The highest BCUT2D eigenvalue weighted by Gasteiger charge is 2.26. The highest BCUT2D eigenvalue weighted by atomic mass is 79.9. The lowest BCUT2D eigenvalue weighted by Gasteiger charge is -2.30. The summed E-state index contributed by atoms with van der Waals surface area (Å²) in [5, 5.41) is 14.7. The Morgan fingerprint density at radius 3 is 2.76 bits per heavy atom. The normalized spacial score (nSPS) is 16.0. The molecule has 0 atom stereocenters. The number of piperidine rings is 1. The number of aromatic amines is 1. The Kier molecular flexibility index (Phi) is 3.79. The number of benzene rings is 1. The fourth-order valence-electron chi connectivity index (χ4n) is 3.55. The number of carbonyl (C=O) groups is 1. The van der Waals surface area contributed by atoms with Gasteiger partial charge in [0.15, 0.2) is 0 Å². The molecular weight excluding hydrogens is 388 g/mol. The van der Waals surface area contributed by atoms with Crippen molar-refractivity contribution in [3.05, 3.63) is 44.3 Å². The molecule has 3 aromatic rings. The van der Waals surface area contributed by atoms with E-state index in [1.807, 2.05) is 19.1 Å². The Hall–Kier alpha value is -2.35. The van der Waals surface area contributed by atoms with E-state index in [9.17, 15) is 9.59 Å². The lowest BCUT2D eigenvalue weighted by Crippen LogP contribution is -2.37. The van der Waals surface area contributed by atoms with Gasteiger partial charge in [-0.25, -0.2) is 9.31 Å². The zero-order valence-corrected chi connectivity index (χ0v) is 15.2. The molecule has 2 N–H and O–H groups in total. The molecule has 3 heterocycles. The van der Waals surface area contributed by atoms with Gasteiger partial charge in [0.1, 0.15) is 5.65 Å². The van der Waals surface area contributed by atoms with Crippen LogP contribution in [0.1, 0.15) is 30.0 Å². The molecule has 1 aliphatic rings. The minimum Gasteiger partial charge on any atom is -0.465 e. The number of likely N-dealkylation sites (tertiary alicyclic amines) is 1. The van der Waals surface area contributed by atoms with Crippen molar-refractivity contribution in [2.75, 3.05) is 13.1 Å². The first-order valence-corrected chi connectivity index (χ1v) is 8.93. The van der Waals surface area contributed by atoms with Crippen molar-refractivity contribution in [2.45, 2.75) is 25.7 Å². The number of rotatable bonds is 1. The Balaban J connectivity index is 1.86. The summed E-state index contributed by atoms with van der Waals surface area (Å²) in [5.41, 5.74) is 3.23. The molecule has 2 aromatic heterocycles. The van der Waals surface area contributed by atoms with E-state index in [4.69, 9.17) is 5.11 Å². The molecule has 1 amide bonds. The molecule has 1 fully saturated rings. The van der Waals surface area contributed by atoms with Crippen molar-refractivity contribution in [1.29, 1.82) is 0 Å². The lowest BCUT2D eigenvalue weighted by atomic mass is 9.93. The van der Waals surface area contributed by atoms with E-state index in [-0.39, 0.29) is 11.5 Å². The standard InChI is InChI=1S/C17H17BrN4O3/c1-9-2-3-11-14(15(9)18)16-19-13(23)8-12(22(16)20-11)10-4-6-21(7-5-10)17(24)25/h2-3,8,10H,4-7H2,1H3,(H,19,23)(H,24,25). The molecule has 8 heteroatoms. The number of carboxylic acid groups (broad SMARTS) is 1. The van der Waals surface area contributed by atoms with Crippen LogP contribution in [-0.2, 0) is 0 Å². The summed E-state index contributed by atoms with van der Waals surface area (Å²) < 4.78 is 2.73. The second-order valence-electron chi connectivity index (χ2n) is 6.45. The van der Waals surface area contributed by atoms with Crippen LogP contribution < -0.4 is 5.56 Å². The van der Waals surface area contributed by atoms with E-state index in [1.54, 1.807) is 10.6 Å². The zero-order valence-electron chi connectivity index (χ0n) is 13.6. The van der Waals surface area contributed by atoms with Crippen LogP contribution in [0.3, 0.4) is 0 Å². The van der Waals surface area contributed by atoms with Gasteiger partial charge in [-0.3, -0.25) is 4.79 Å². The van der Waals surface area contributed by atoms with Gasteiger partial charge in [-0.2, -0.15) is 5.10 Å². The first-order chi connectivity index (χ1) is 12.0. The molecule has 0 bridgehead atoms. The number of hydrogen-bond donors (Lipinski definition) is 2. The van der Waals surface area contributed by atoms with E-state index in [2.05, 4.69) is 26.0 Å². The van der Waals surface area contributed by atoms with Gasteiger partial charge >= 0.3 is 6.09 Å². The van der Waals surface area contributed by atoms with E-state index >= 15 is 0 Å². The third-order valence-corrected chi connectivity index (χ3v) is 5.94. The van der Waals surface area contributed by atoms with Gasteiger partial charge < -0.3 is 15.0 Å². The third kappa shape index (κ3) is 2.60. The first-order valence-electron chi connectivity index (χ1n) is 8.14. The second kappa shape index (κ2) is 5.87. The topological polar surface area (TPSA) is 90.7 Å². The molecule has 4 rings (SSSR count). The Bertz CT molecular complexity index is 1050. The molecular formula is C17H17BrN4O3. The maximum atomic E-state index is 12.2. The predicted molar refractivity (Wildman–Crippen MR) is 97.3 cm³/mol. The molecule has 1 aromatic carbocycles. The average Bonchev–Trinajstić information content (AvgIpc) is 2.96. The van der Waals surface area contributed by atoms with Crippen LogP contribution in [0.15, 0.2) is 27.5 Å². The predicted octanol–water partition coefficient (Wildman–Crippen LogP) is 3.10. The molecule has 25 heavy (non-hydrogen) atoms. The molecule has 0 unspecified atom stereocenters. The number of H-pyrrole nitrogens is 1. The van der Waals surface area contributed by atoms with Crippen molar-refractivity contribution in [1.82, 2.24) is 19.5 Å². The van der Waals surface area contributed by atoms with Gasteiger partial charge in [0, 0.05) is 29.5 Å². The van der Waals surface area contributed by atoms with Crippen LogP contribution in [0.4, 0.5) is 4.79 Å². The second-order valence-corrected chi connectivity index (χ2v) is 7.25. The number of nitrogens with zero attached hydrogens (tertiary/aromatic N) is 3. The number of aryl methyl sites for hydroxylation is 1. The van der Waals surface area contributed by atoms with E-state index < -0.39 is 6.09 Å². The van der Waals surface area contributed by atoms with Crippen molar-refractivity contribution < 1.29 is 9.90 Å². The van der Waals surface area contributed by atoms with Gasteiger partial charge in [-0.15, -0.1) is 0 Å². The van der Waals surface area contributed by atoms with E-state index in [1.165, 1.54) is 4.90 Å². The Morgan fingerprint density at radius 2 is 2.08 bits per heavy atom. The van der Waals surface area contributed by atoms with Gasteiger partial charge in [0.2, 0.25) is 0 Å². The van der Waals surface area contributed by atoms with Gasteiger partial charge in [-0.05, 0) is 47.3 Å². The van der Waals surface area contributed by atoms with Crippen molar-refractivity contribution in [2.24, 2.45) is 0 Å². The zero-order chi connectivity index (χ0) is 17.7. The van der Waals surface area contributed by atoms with Crippen LogP contribution in [-0.4, -0.2) is 43.8 Å². The summed E-state index contributed by atoms with van der Waals surface area (Å²) in [6.45, 7) is 2.94. The van der Waals surface area contributed by atoms with Crippen molar-refractivity contribution in [3.63, 3.8) is 0 Å². The third-order valence-electron chi connectivity index (χ3n) is 4.92. The van der Waals surface area contributed by atoms with Gasteiger partial charge in [0.05, 0.1) is 16.6 Å². The quantitative estimate of drug-likeness (QED) is 0.651. The highest BCUT2D eigenvalue weighted by Crippen LogP contribution is 2.32. The molecule has 130 valence electrons. The van der Waals surface area contributed by atoms with Crippen LogP contribution in [0, 0.1) is 6.92 Å². The first kappa shape index (κ1) is 16.1. The number of halogens is 1. The number of hydrogen-bond acceptors (Lipinski definition) is 3. The Labute approximate surface area is 151 Å². The molecule has 0 radical (unpaired) electrons. The van der Waals surface area contributed by atoms with E-state index in [0.29, 0.717) is 31.6 Å². The van der Waals surface area contributed by atoms with E-state index in [0.717, 1.165) is 26.6 Å². The van der Waals surface area contributed by atoms with Crippen LogP contribution in [0.25, 0.3) is 16.6 Å². The smallest absolute Gasteiger partial charge is 0.407 e. The summed E-state index contributed by atoms with van der Waals surface area (Å²) in [6, 6.07) is 5.51. The van der Waals surface area contributed by atoms with Gasteiger partial charge in [0.25, 0.3) is 5.56 Å². The highest BCUT2D eigenvalue weighted by molar-refractivity contribution is 9.10. The fraction of sp³-hybridized carbons (Fsp3) is 0.353. The largest absolute Gasteiger partial charge is 0.465 e. The summed E-state index contributed by atoms with van der Waals surface area (Å²) in [7, 11) is 0. The molecule has 0 saturated carbocycles. The summed E-state index contributed by atoms with van der Waals surface area (Å²) in [6.07, 6.45) is 0.474. The fourth-order valence-corrected chi connectivity index (χ4v) is 4.07. The maximum absolute atomic E-state index is 12.2. The van der Waals surface area contributed by atoms with Crippen LogP contribution in [0.2, 0.25) is 0 Å². The number of fused-ring (bicyclic) bond motifs is 3. The maximum Gasteiger partial charge on any atom is 0.407 e. The monoisotopic (exact) mass is 404 g/mol. The van der Waals surface area contributed by atoms with Crippen molar-refractivity contribution in [3.8, 4) is 0 Å². The average molecular weight is 405 g/mol.